The third-order valence-electron chi connectivity index (χ3n) is 4.78. The molecule has 8 heteroatoms. The van der Waals surface area contributed by atoms with Crippen LogP contribution in [0.25, 0.3) is 10.9 Å². The number of amides is 1. The molecule has 2 heterocycles. The summed E-state index contributed by atoms with van der Waals surface area (Å²) in [5.41, 5.74) is 1.53. The van der Waals surface area contributed by atoms with E-state index in [-0.39, 0.29) is 18.2 Å². The predicted octanol–water partition coefficient (Wildman–Crippen LogP) is 3.39. The first-order chi connectivity index (χ1) is 14.6. The van der Waals surface area contributed by atoms with Crippen molar-refractivity contribution >= 4 is 33.9 Å². The number of fused-ring (bicyclic) bond motifs is 1. The standard InChI is InChI=1S/C22H20N4O3S/c1-25(13-19-23-10-11-30-19)20(27)14-26-18-12-16(29-2)8-9-17(18)21(24-26)22(28)15-6-4-3-5-7-15/h3-12H,13-14H2,1-2H3. The van der Waals surface area contributed by atoms with Gasteiger partial charge < -0.3 is 9.64 Å². The molecule has 0 saturated carbocycles. The summed E-state index contributed by atoms with van der Waals surface area (Å²) in [4.78, 5) is 31.7. The van der Waals surface area contributed by atoms with Crippen LogP contribution in [0.5, 0.6) is 5.75 Å². The molecule has 0 bridgehead atoms. The van der Waals surface area contributed by atoms with Gasteiger partial charge in [0.15, 0.2) is 0 Å². The van der Waals surface area contributed by atoms with Crippen molar-refractivity contribution in [1.29, 1.82) is 0 Å². The van der Waals surface area contributed by atoms with Gasteiger partial charge in [0, 0.05) is 35.6 Å². The first-order valence-electron chi connectivity index (χ1n) is 9.33. The number of carbonyl (C=O) groups is 2. The van der Waals surface area contributed by atoms with Gasteiger partial charge in [0.2, 0.25) is 11.7 Å². The Hall–Kier alpha value is -3.52. The van der Waals surface area contributed by atoms with E-state index in [1.165, 1.54) is 11.3 Å². The van der Waals surface area contributed by atoms with Crippen molar-refractivity contribution in [2.75, 3.05) is 14.2 Å². The van der Waals surface area contributed by atoms with E-state index in [1.54, 1.807) is 60.3 Å². The molecule has 0 spiro atoms. The molecule has 2 aromatic carbocycles. The third-order valence-corrected chi connectivity index (χ3v) is 5.54. The number of nitrogens with zero attached hydrogens (tertiary/aromatic N) is 4. The van der Waals surface area contributed by atoms with E-state index in [0.717, 1.165) is 5.01 Å². The lowest BCUT2D eigenvalue weighted by Gasteiger charge is -2.16. The second-order valence-corrected chi connectivity index (χ2v) is 7.74. The number of aromatic nitrogens is 3. The van der Waals surface area contributed by atoms with Crippen molar-refractivity contribution < 1.29 is 14.3 Å². The van der Waals surface area contributed by atoms with Crippen molar-refractivity contribution in [3.05, 3.63) is 76.4 Å². The van der Waals surface area contributed by atoms with Gasteiger partial charge in [-0.05, 0) is 12.1 Å². The summed E-state index contributed by atoms with van der Waals surface area (Å²) in [5, 5.41) is 7.93. The van der Waals surface area contributed by atoms with Crippen LogP contribution in [0.1, 0.15) is 21.1 Å². The van der Waals surface area contributed by atoms with E-state index in [4.69, 9.17) is 4.74 Å². The minimum Gasteiger partial charge on any atom is -0.497 e. The van der Waals surface area contributed by atoms with Crippen molar-refractivity contribution in [3.8, 4) is 5.75 Å². The third kappa shape index (κ3) is 3.95. The van der Waals surface area contributed by atoms with Crippen LogP contribution in [0.15, 0.2) is 60.1 Å². The van der Waals surface area contributed by atoms with Gasteiger partial charge >= 0.3 is 0 Å². The molecule has 2 aromatic heterocycles. The monoisotopic (exact) mass is 420 g/mol. The minimum absolute atomic E-state index is 0.00755. The number of methoxy groups -OCH3 is 1. The summed E-state index contributed by atoms with van der Waals surface area (Å²) in [6, 6.07) is 14.4. The summed E-state index contributed by atoms with van der Waals surface area (Å²) >= 11 is 1.50. The molecule has 0 aliphatic rings. The van der Waals surface area contributed by atoms with Gasteiger partial charge in [-0.3, -0.25) is 14.3 Å². The van der Waals surface area contributed by atoms with Crippen LogP contribution in [0.2, 0.25) is 0 Å². The van der Waals surface area contributed by atoms with Gasteiger partial charge in [-0.25, -0.2) is 4.98 Å². The maximum atomic E-state index is 13.1. The van der Waals surface area contributed by atoms with E-state index < -0.39 is 0 Å². The molecule has 0 radical (unpaired) electrons. The minimum atomic E-state index is -0.187. The Morgan fingerprint density at radius 2 is 1.97 bits per heavy atom. The zero-order chi connectivity index (χ0) is 21.1. The Labute approximate surface area is 177 Å². The maximum absolute atomic E-state index is 13.1. The highest BCUT2D eigenvalue weighted by atomic mass is 32.1. The molecule has 0 fully saturated rings. The van der Waals surface area contributed by atoms with Crippen LogP contribution in [0.3, 0.4) is 0 Å². The smallest absolute Gasteiger partial charge is 0.244 e. The maximum Gasteiger partial charge on any atom is 0.244 e. The number of rotatable bonds is 7. The summed E-state index contributed by atoms with van der Waals surface area (Å²) in [7, 11) is 3.30. The Kier molecular flexibility index (Phi) is 5.58. The highest BCUT2D eigenvalue weighted by Gasteiger charge is 2.21. The lowest BCUT2D eigenvalue weighted by molar-refractivity contribution is -0.131. The highest BCUT2D eigenvalue weighted by molar-refractivity contribution is 7.09. The van der Waals surface area contributed by atoms with Gasteiger partial charge in [0.05, 0.1) is 19.2 Å². The molecule has 0 aliphatic carbocycles. The Balaban J connectivity index is 1.68. The lowest BCUT2D eigenvalue weighted by Crippen LogP contribution is -2.30. The number of hydrogen-bond acceptors (Lipinski definition) is 6. The van der Waals surface area contributed by atoms with Crippen molar-refractivity contribution in [2.24, 2.45) is 0 Å². The van der Waals surface area contributed by atoms with Crippen molar-refractivity contribution in [3.63, 3.8) is 0 Å². The van der Waals surface area contributed by atoms with Gasteiger partial charge in [-0.1, -0.05) is 30.3 Å². The number of benzene rings is 2. The van der Waals surface area contributed by atoms with Crippen LogP contribution in [0.4, 0.5) is 0 Å². The van der Waals surface area contributed by atoms with Crippen LogP contribution >= 0.6 is 11.3 Å². The number of carbonyl (C=O) groups excluding carboxylic acids is 2. The molecule has 152 valence electrons. The summed E-state index contributed by atoms with van der Waals surface area (Å²) in [5.74, 6) is 0.315. The molecule has 1 amide bonds. The normalized spacial score (nSPS) is 10.9. The average molecular weight is 420 g/mol. The Morgan fingerprint density at radius 1 is 1.17 bits per heavy atom. The number of ketones is 1. The fraction of sp³-hybridized carbons (Fsp3) is 0.182. The van der Waals surface area contributed by atoms with Crippen LogP contribution < -0.4 is 4.74 Å². The van der Waals surface area contributed by atoms with Gasteiger partial charge in [-0.15, -0.1) is 11.3 Å². The van der Waals surface area contributed by atoms with Crippen LogP contribution in [0, 0.1) is 0 Å². The number of thiazole rings is 1. The number of ether oxygens (including phenoxy) is 1. The SMILES string of the molecule is COc1ccc2c(C(=O)c3ccccc3)nn(CC(=O)N(C)Cc3nccs3)c2c1. The molecule has 4 rings (SSSR count). The van der Waals surface area contributed by atoms with E-state index in [9.17, 15) is 9.59 Å². The fourth-order valence-corrected chi connectivity index (χ4v) is 3.83. The van der Waals surface area contributed by atoms with E-state index >= 15 is 0 Å². The summed E-state index contributed by atoms with van der Waals surface area (Å²) in [6.07, 6.45) is 1.72. The second kappa shape index (κ2) is 8.46. The molecular formula is C22H20N4O3S. The number of hydrogen-bond donors (Lipinski definition) is 0. The highest BCUT2D eigenvalue weighted by Crippen LogP contribution is 2.26. The molecule has 7 nitrogen and oxygen atoms in total. The summed E-state index contributed by atoms with van der Waals surface area (Å²) in [6.45, 7) is 0.433. The van der Waals surface area contributed by atoms with Gasteiger partial charge in [0.25, 0.3) is 0 Å². The van der Waals surface area contributed by atoms with E-state index in [2.05, 4.69) is 10.1 Å². The van der Waals surface area contributed by atoms with E-state index in [0.29, 0.717) is 34.5 Å². The molecule has 0 N–H and O–H groups in total. The quantitative estimate of drug-likeness (QED) is 0.428. The van der Waals surface area contributed by atoms with Crippen LogP contribution in [-0.4, -0.2) is 45.5 Å². The molecule has 0 saturated heterocycles. The Morgan fingerprint density at radius 3 is 2.67 bits per heavy atom. The fourth-order valence-electron chi connectivity index (χ4n) is 3.17. The largest absolute Gasteiger partial charge is 0.497 e. The zero-order valence-electron chi connectivity index (χ0n) is 16.6. The van der Waals surface area contributed by atoms with Crippen molar-refractivity contribution in [2.45, 2.75) is 13.1 Å². The van der Waals surface area contributed by atoms with Crippen LogP contribution in [-0.2, 0) is 17.9 Å². The average Bonchev–Trinajstić information content (AvgIpc) is 3.41. The zero-order valence-corrected chi connectivity index (χ0v) is 17.4. The van der Waals surface area contributed by atoms with Crippen molar-refractivity contribution in [1.82, 2.24) is 19.7 Å². The second-order valence-electron chi connectivity index (χ2n) is 6.76. The van der Waals surface area contributed by atoms with Gasteiger partial charge in [0.1, 0.15) is 23.0 Å². The lowest BCUT2D eigenvalue weighted by atomic mass is 10.1. The Bertz CT molecular complexity index is 1190. The molecule has 0 unspecified atom stereocenters. The van der Waals surface area contributed by atoms with Gasteiger partial charge in [-0.2, -0.15) is 5.10 Å². The predicted molar refractivity (Wildman–Crippen MR) is 115 cm³/mol. The molecule has 0 atom stereocenters. The number of likely N-dealkylation sites (N-methyl/N-ethyl adjacent to an activating group) is 1. The first-order valence-corrected chi connectivity index (χ1v) is 10.2. The topological polar surface area (TPSA) is 77.3 Å². The molecular weight excluding hydrogens is 400 g/mol. The van der Waals surface area contributed by atoms with E-state index in [1.807, 2.05) is 23.6 Å². The summed E-state index contributed by atoms with van der Waals surface area (Å²) < 4.78 is 6.89. The first kappa shape index (κ1) is 19.8. The molecule has 30 heavy (non-hydrogen) atoms. The molecule has 0 aliphatic heterocycles. The molecule has 4 aromatic rings.